The Morgan fingerprint density at radius 1 is 1.48 bits per heavy atom. The van der Waals surface area contributed by atoms with Crippen LogP contribution in [0.1, 0.15) is 23.1 Å². The summed E-state index contributed by atoms with van der Waals surface area (Å²) < 4.78 is 10.8. The zero-order valence-electron chi connectivity index (χ0n) is 14.0. The van der Waals surface area contributed by atoms with Gasteiger partial charge in [0.15, 0.2) is 0 Å². The van der Waals surface area contributed by atoms with Gasteiger partial charge in [-0.25, -0.2) is 4.79 Å². The number of carbonyl (C=O) groups excluding carboxylic acids is 1. The van der Waals surface area contributed by atoms with E-state index in [0.717, 1.165) is 17.0 Å². The van der Waals surface area contributed by atoms with Crippen molar-refractivity contribution in [2.45, 2.75) is 19.3 Å². The van der Waals surface area contributed by atoms with Gasteiger partial charge in [-0.3, -0.25) is 5.10 Å². The molecule has 2 aromatic rings. The monoisotopic (exact) mass is 364 g/mol. The number of H-pyrrole nitrogens is 1. The van der Waals surface area contributed by atoms with Crippen molar-refractivity contribution in [3.05, 3.63) is 52.3 Å². The van der Waals surface area contributed by atoms with Crippen molar-refractivity contribution in [2.75, 3.05) is 26.8 Å². The Morgan fingerprint density at radius 2 is 2.28 bits per heavy atom. The lowest BCUT2D eigenvalue weighted by molar-refractivity contribution is -0.0154. The summed E-state index contributed by atoms with van der Waals surface area (Å²) in [6.07, 6.45) is -0.141. The smallest absolute Gasteiger partial charge is 0.317 e. The summed E-state index contributed by atoms with van der Waals surface area (Å²) in [7, 11) is 1.62. The number of methoxy groups -OCH3 is 1. The molecule has 1 aromatic heterocycles. The van der Waals surface area contributed by atoms with Crippen LogP contribution in [0.2, 0.25) is 5.02 Å². The first-order chi connectivity index (χ1) is 12.2. The van der Waals surface area contributed by atoms with Crippen LogP contribution in [0.25, 0.3) is 0 Å². The van der Waals surface area contributed by atoms with E-state index in [1.807, 2.05) is 30.3 Å². The molecule has 2 heterocycles. The second-order valence-electron chi connectivity index (χ2n) is 5.83. The van der Waals surface area contributed by atoms with Gasteiger partial charge in [0, 0.05) is 18.7 Å². The fourth-order valence-electron chi connectivity index (χ4n) is 2.72. The number of hydrogen-bond donors (Lipinski definition) is 2. The number of nitrogens with zero attached hydrogens (tertiary/aromatic N) is 2. The van der Waals surface area contributed by atoms with E-state index in [1.165, 1.54) is 0 Å². The number of nitrogens with one attached hydrogen (secondary N) is 2. The zero-order chi connectivity index (χ0) is 17.6. The summed E-state index contributed by atoms with van der Waals surface area (Å²) in [5, 5.41) is 10.6. The van der Waals surface area contributed by atoms with Crippen molar-refractivity contribution in [3.63, 3.8) is 0 Å². The summed E-state index contributed by atoms with van der Waals surface area (Å²) in [6.45, 7) is 2.40. The van der Waals surface area contributed by atoms with Gasteiger partial charge in [0.05, 0.1) is 37.7 Å². The minimum atomic E-state index is -0.141. The fourth-order valence-corrected chi connectivity index (χ4v) is 2.84. The molecule has 0 bridgehead atoms. The van der Waals surface area contributed by atoms with Crippen molar-refractivity contribution in [2.24, 2.45) is 0 Å². The molecule has 0 spiro atoms. The maximum atomic E-state index is 12.4. The number of rotatable bonds is 5. The van der Waals surface area contributed by atoms with E-state index >= 15 is 0 Å². The van der Waals surface area contributed by atoms with E-state index in [-0.39, 0.29) is 12.1 Å². The van der Waals surface area contributed by atoms with E-state index < -0.39 is 0 Å². The molecule has 2 N–H and O–H groups in total. The third-order valence-electron chi connectivity index (χ3n) is 4.00. The second-order valence-corrected chi connectivity index (χ2v) is 6.27. The number of carbonyl (C=O) groups is 1. The Balaban J connectivity index is 1.53. The molecule has 0 radical (unpaired) electrons. The molecule has 0 saturated carbocycles. The van der Waals surface area contributed by atoms with Crippen molar-refractivity contribution >= 4 is 17.6 Å². The summed E-state index contributed by atoms with van der Waals surface area (Å²) in [5.41, 5.74) is 2.66. The highest BCUT2D eigenvalue weighted by Crippen LogP contribution is 2.23. The van der Waals surface area contributed by atoms with Crippen LogP contribution in [0.4, 0.5) is 4.79 Å². The van der Waals surface area contributed by atoms with Crippen molar-refractivity contribution in [1.29, 1.82) is 0 Å². The summed E-state index contributed by atoms with van der Waals surface area (Å²) in [5.74, 6) is 0. The Hall–Kier alpha value is -2.09. The standard InChI is InChI=1S/C17H21ClN4O3/c1-24-11-15-8-14(20-21-15)9-19-17(23)22-6-7-25-16(10-22)12-2-4-13(18)5-3-12/h2-5,8,16H,6-7,9-11H2,1H3,(H,19,23)(H,20,21)/t16-/m0/s1. The predicted molar refractivity (Wildman–Crippen MR) is 93.3 cm³/mol. The van der Waals surface area contributed by atoms with Gasteiger partial charge in [-0.2, -0.15) is 5.10 Å². The molecule has 8 heteroatoms. The largest absolute Gasteiger partial charge is 0.378 e. The van der Waals surface area contributed by atoms with Gasteiger partial charge in [-0.05, 0) is 23.8 Å². The maximum Gasteiger partial charge on any atom is 0.317 e. The van der Waals surface area contributed by atoms with Gasteiger partial charge in [0.25, 0.3) is 0 Å². The topological polar surface area (TPSA) is 79.5 Å². The van der Waals surface area contributed by atoms with Gasteiger partial charge in [0.2, 0.25) is 0 Å². The number of amides is 2. The fraction of sp³-hybridized carbons (Fsp3) is 0.412. The quantitative estimate of drug-likeness (QED) is 0.854. The SMILES string of the molecule is COCc1cc(CNC(=O)N2CCO[C@H](c3ccc(Cl)cc3)C2)[nH]n1. The van der Waals surface area contributed by atoms with Crippen LogP contribution < -0.4 is 5.32 Å². The number of aromatic nitrogens is 2. The van der Waals surface area contributed by atoms with Gasteiger partial charge < -0.3 is 19.7 Å². The highest BCUT2D eigenvalue weighted by molar-refractivity contribution is 6.30. The molecular weight excluding hydrogens is 344 g/mol. The third kappa shape index (κ3) is 4.72. The van der Waals surface area contributed by atoms with Crippen LogP contribution in [0.5, 0.6) is 0 Å². The predicted octanol–water partition coefficient (Wildman–Crippen LogP) is 2.49. The van der Waals surface area contributed by atoms with E-state index in [9.17, 15) is 4.79 Å². The van der Waals surface area contributed by atoms with E-state index in [0.29, 0.717) is 37.9 Å². The molecule has 0 aliphatic carbocycles. The average Bonchev–Trinajstić information content (AvgIpc) is 3.08. The highest BCUT2D eigenvalue weighted by atomic mass is 35.5. The van der Waals surface area contributed by atoms with Crippen LogP contribution >= 0.6 is 11.6 Å². The lowest BCUT2D eigenvalue weighted by atomic mass is 10.1. The summed E-state index contributed by atoms with van der Waals surface area (Å²) in [4.78, 5) is 14.2. The maximum absolute atomic E-state index is 12.4. The lowest BCUT2D eigenvalue weighted by Gasteiger charge is -2.33. The molecule has 1 aromatic carbocycles. The lowest BCUT2D eigenvalue weighted by Crippen LogP contribution is -2.47. The summed E-state index contributed by atoms with van der Waals surface area (Å²) >= 11 is 5.92. The molecule has 1 aliphatic rings. The third-order valence-corrected chi connectivity index (χ3v) is 4.25. The molecule has 2 amide bonds. The van der Waals surface area contributed by atoms with Crippen molar-refractivity contribution in [1.82, 2.24) is 20.4 Å². The molecule has 1 saturated heterocycles. The average molecular weight is 365 g/mol. The van der Waals surface area contributed by atoms with Crippen LogP contribution in [0.15, 0.2) is 30.3 Å². The second kappa shape index (κ2) is 8.33. The van der Waals surface area contributed by atoms with Crippen molar-refractivity contribution < 1.29 is 14.3 Å². The number of morpholine rings is 1. The van der Waals surface area contributed by atoms with E-state index in [2.05, 4.69) is 15.5 Å². The van der Waals surface area contributed by atoms with Gasteiger partial charge in [0.1, 0.15) is 6.10 Å². The van der Waals surface area contributed by atoms with Crippen LogP contribution in [0.3, 0.4) is 0 Å². The van der Waals surface area contributed by atoms with Crippen LogP contribution in [0, 0.1) is 0 Å². The number of benzene rings is 1. The van der Waals surface area contributed by atoms with E-state index in [4.69, 9.17) is 21.1 Å². The number of urea groups is 1. The Bertz CT molecular complexity index is 704. The highest BCUT2D eigenvalue weighted by Gasteiger charge is 2.25. The molecule has 0 unspecified atom stereocenters. The molecule has 3 rings (SSSR count). The van der Waals surface area contributed by atoms with Gasteiger partial charge in [-0.15, -0.1) is 0 Å². The zero-order valence-corrected chi connectivity index (χ0v) is 14.8. The molecular formula is C17H21ClN4O3. The molecule has 1 aliphatic heterocycles. The first kappa shape index (κ1) is 17.7. The number of aromatic amines is 1. The molecule has 1 fully saturated rings. The summed E-state index contributed by atoms with van der Waals surface area (Å²) in [6, 6.07) is 9.27. The van der Waals surface area contributed by atoms with Crippen molar-refractivity contribution in [3.8, 4) is 0 Å². The molecule has 134 valence electrons. The van der Waals surface area contributed by atoms with E-state index in [1.54, 1.807) is 12.0 Å². The number of ether oxygens (including phenoxy) is 2. The Labute approximate surface area is 151 Å². The minimum Gasteiger partial charge on any atom is -0.378 e. The Kier molecular flexibility index (Phi) is 5.91. The first-order valence-electron chi connectivity index (χ1n) is 8.07. The Morgan fingerprint density at radius 3 is 3.04 bits per heavy atom. The number of halogens is 1. The molecule has 1 atom stereocenters. The number of hydrogen-bond acceptors (Lipinski definition) is 4. The van der Waals surface area contributed by atoms with Gasteiger partial charge in [-0.1, -0.05) is 23.7 Å². The first-order valence-corrected chi connectivity index (χ1v) is 8.45. The van der Waals surface area contributed by atoms with Gasteiger partial charge >= 0.3 is 6.03 Å². The minimum absolute atomic E-state index is 0.120. The molecule has 25 heavy (non-hydrogen) atoms. The normalized spacial score (nSPS) is 17.5. The van der Waals surface area contributed by atoms with Crippen LogP contribution in [-0.2, 0) is 22.6 Å². The molecule has 7 nitrogen and oxygen atoms in total. The van der Waals surface area contributed by atoms with Crippen LogP contribution in [-0.4, -0.2) is 47.9 Å².